The van der Waals surface area contributed by atoms with Crippen LogP contribution in [0.1, 0.15) is 18.5 Å². The van der Waals surface area contributed by atoms with Crippen LogP contribution in [0.3, 0.4) is 0 Å². The second-order valence-electron chi connectivity index (χ2n) is 7.98. The molecule has 3 heterocycles. The average molecular weight is 482 g/mol. The van der Waals surface area contributed by atoms with E-state index in [4.69, 9.17) is 16.3 Å². The highest BCUT2D eigenvalue weighted by atomic mass is 35.5. The monoisotopic (exact) mass is 481 g/mol. The van der Waals surface area contributed by atoms with E-state index < -0.39 is 0 Å². The maximum atomic E-state index is 13.8. The van der Waals surface area contributed by atoms with Crippen LogP contribution >= 0.6 is 23.4 Å². The number of rotatable bonds is 6. The van der Waals surface area contributed by atoms with Gasteiger partial charge in [-0.05, 0) is 44.0 Å². The van der Waals surface area contributed by atoms with Gasteiger partial charge in [-0.1, -0.05) is 53.7 Å². The summed E-state index contributed by atoms with van der Waals surface area (Å²) in [5.41, 5.74) is 2.69. The van der Waals surface area contributed by atoms with Gasteiger partial charge in [-0.2, -0.15) is 0 Å². The van der Waals surface area contributed by atoms with Gasteiger partial charge in [0.15, 0.2) is 11.0 Å². The van der Waals surface area contributed by atoms with Gasteiger partial charge in [-0.15, -0.1) is 10.2 Å². The fourth-order valence-corrected chi connectivity index (χ4v) is 5.36. The van der Waals surface area contributed by atoms with Crippen LogP contribution < -0.4 is 5.56 Å². The summed E-state index contributed by atoms with van der Waals surface area (Å²) in [4.78, 5) is 13.8. The van der Waals surface area contributed by atoms with Crippen LogP contribution in [0.4, 0.5) is 0 Å². The molecule has 1 fully saturated rings. The van der Waals surface area contributed by atoms with Crippen molar-refractivity contribution in [3.05, 3.63) is 75.7 Å². The van der Waals surface area contributed by atoms with Crippen LogP contribution in [0.25, 0.3) is 22.8 Å². The molecule has 1 saturated heterocycles. The van der Waals surface area contributed by atoms with E-state index in [9.17, 15) is 4.79 Å². The number of hydrogen-bond acceptors (Lipinski definition) is 5. The molecule has 2 aromatic heterocycles. The Morgan fingerprint density at radius 3 is 2.61 bits per heavy atom. The summed E-state index contributed by atoms with van der Waals surface area (Å²) >= 11 is 8.08. The Labute approximate surface area is 200 Å². The lowest BCUT2D eigenvalue weighted by molar-refractivity contribution is 0.129. The quantitative estimate of drug-likeness (QED) is 0.375. The predicted molar refractivity (Wildman–Crippen MR) is 131 cm³/mol. The molecule has 1 atom stereocenters. The fourth-order valence-electron chi connectivity index (χ4n) is 4.14. The van der Waals surface area contributed by atoms with Crippen molar-refractivity contribution in [1.82, 2.24) is 24.1 Å². The molecule has 33 heavy (non-hydrogen) atoms. The largest absolute Gasteiger partial charge is 0.377 e. The Morgan fingerprint density at radius 2 is 1.88 bits per heavy atom. The van der Waals surface area contributed by atoms with E-state index in [1.165, 1.54) is 0 Å². The molecule has 0 saturated carbocycles. The van der Waals surface area contributed by atoms with E-state index >= 15 is 0 Å². The van der Waals surface area contributed by atoms with E-state index in [1.807, 2.05) is 77.8 Å². The molecular formula is C24H24ClN5O2S. The van der Waals surface area contributed by atoms with Gasteiger partial charge in [-0.3, -0.25) is 14.0 Å². The Bertz CT molecular complexity index is 1340. The third-order valence-electron chi connectivity index (χ3n) is 5.92. The first-order chi connectivity index (χ1) is 16.1. The Balaban J connectivity index is 1.69. The van der Waals surface area contributed by atoms with Crippen molar-refractivity contribution in [2.75, 3.05) is 12.4 Å². The van der Waals surface area contributed by atoms with Gasteiger partial charge in [0.1, 0.15) is 5.69 Å². The topological polar surface area (TPSA) is 66.9 Å². The lowest BCUT2D eigenvalue weighted by Gasteiger charge is -2.12. The third kappa shape index (κ3) is 4.03. The fraction of sp³-hybridized carbons (Fsp3) is 0.292. The van der Waals surface area contributed by atoms with E-state index in [0.29, 0.717) is 21.7 Å². The minimum Gasteiger partial charge on any atom is -0.377 e. The van der Waals surface area contributed by atoms with Gasteiger partial charge in [0.2, 0.25) is 0 Å². The zero-order valence-electron chi connectivity index (χ0n) is 18.4. The number of nitrogens with zero attached hydrogens (tertiary/aromatic N) is 5. The van der Waals surface area contributed by atoms with Gasteiger partial charge in [-0.25, -0.2) is 4.68 Å². The highest BCUT2D eigenvalue weighted by Gasteiger charge is 2.26. The van der Waals surface area contributed by atoms with Crippen molar-refractivity contribution in [3.8, 4) is 22.8 Å². The zero-order chi connectivity index (χ0) is 22.9. The summed E-state index contributed by atoms with van der Waals surface area (Å²) in [6.45, 7) is 2.73. The van der Waals surface area contributed by atoms with Crippen LogP contribution in [0.2, 0.25) is 5.02 Å². The summed E-state index contributed by atoms with van der Waals surface area (Å²) in [5.74, 6) is 1.29. The SMILES string of the molecule is Cc1c(-n2c(SCC3CCCO3)nnc2-c2ccccc2Cl)c(=O)n(-c2ccccc2)n1C. The normalized spacial score (nSPS) is 15.9. The lowest BCUT2D eigenvalue weighted by Crippen LogP contribution is -2.22. The number of halogens is 1. The number of aromatic nitrogens is 5. The minimum atomic E-state index is -0.145. The standard InChI is InChI=1S/C24H24ClN5O2S/c1-16-21(23(31)30(28(16)2)17-9-4-3-5-10-17)29-22(19-12-6-7-13-20(19)25)26-27-24(29)33-15-18-11-8-14-32-18/h3-7,9-10,12-13,18H,8,11,14-15H2,1-2H3. The molecular weight excluding hydrogens is 458 g/mol. The summed E-state index contributed by atoms with van der Waals surface area (Å²) in [7, 11) is 1.88. The second-order valence-corrected chi connectivity index (χ2v) is 9.37. The van der Waals surface area contributed by atoms with Crippen LogP contribution in [-0.2, 0) is 11.8 Å². The first-order valence-corrected chi connectivity index (χ1v) is 12.2. The summed E-state index contributed by atoms with van der Waals surface area (Å²) in [6, 6.07) is 17.1. The van der Waals surface area contributed by atoms with E-state index in [2.05, 4.69) is 10.2 Å². The molecule has 0 radical (unpaired) electrons. The third-order valence-corrected chi connectivity index (χ3v) is 7.31. The minimum absolute atomic E-state index is 0.145. The predicted octanol–water partition coefficient (Wildman–Crippen LogP) is 4.66. The summed E-state index contributed by atoms with van der Waals surface area (Å²) in [5, 5.41) is 10.1. The summed E-state index contributed by atoms with van der Waals surface area (Å²) in [6.07, 6.45) is 2.29. The van der Waals surface area contributed by atoms with Gasteiger partial charge in [0.25, 0.3) is 5.56 Å². The van der Waals surface area contributed by atoms with Crippen molar-refractivity contribution in [1.29, 1.82) is 0 Å². The highest BCUT2D eigenvalue weighted by molar-refractivity contribution is 7.99. The molecule has 0 bridgehead atoms. The number of benzene rings is 2. The van der Waals surface area contributed by atoms with Gasteiger partial charge >= 0.3 is 0 Å². The molecule has 9 heteroatoms. The Morgan fingerprint density at radius 1 is 1.12 bits per heavy atom. The Kier molecular flexibility index (Phi) is 6.14. The van der Waals surface area contributed by atoms with Crippen LogP contribution in [0, 0.1) is 6.92 Å². The zero-order valence-corrected chi connectivity index (χ0v) is 20.0. The van der Waals surface area contributed by atoms with E-state index in [1.54, 1.807) is 16.4 Å². The molecule has 0 aliphatic carbocycles. The first kappa shape index (κ1) is 22.0. The van der Waals surface area contributed by atoms with Crippen LogP contribution in [-0.4, -0.2) is 42.6 Å². The van der Waals surface area contributed by atoms with Gasteiger partial charge in [0, 0.05) is 25.0 Å². The maximum Gasteiger partial charge on any atom is 0.296 e. The van der Waals surface area contributed by atoms with Crippen molar-refractivity contribution in [2.45, 2.75) is 31.0 Å². The van der Waals surface area contributed by atoms with Crippen molar-refractivity contribution >= 4 is 23.4 Å². The van der Waals surface area contributed by atoms with E-state index in [0.717, 1.165) is 42.1 Å². The highest BCUT2D eigenvalue weighted by Crippen LogP contribution is 2.33. The molecule has 0 N–H and O–H groups in total. The van der Waals surface area contributed by atoms with Crippen molar-refractivity contribution in [2.24, 2.45) is 7.05 Å². The second kappa shape index (κ2) is 9.21. The molecule has 0 amide bonds. The molecule has 2 aromatic carbocycles. The average Bonchev–Trinajstić information content (AvgIpc) is 3.53. The maximum absolute atomic E-state index is 13.8. The molecule has 0 spiro atoms. The Hall–Kier alpha value is -2.81. The molecule has 1 aliphatic heterocycles. The summed E-state index contributed by atoms with van der Waals surface area (Å²) < 4.78 is 11.2. The lowest BCUT2D eigenvalue weighted by atomic mass is 10.2. The first-order valence-electron chi connectivity index (χ1n) is 10.9. The molecule has 7 nitrogen and oxygen atoms in total. The van der Waals surface area contributed by atoms with Gasteiger partial charge in [0.05, 0.1) is 22.5 Å². The number of ether oxygens (including phenoxy) is 1. The number of thioether (sulfide) groups is 1. The number of para-hydroxylation sites is 1. The van der Waals surface area contributed by atoms with E-state index in [-0.39, 0.29) is 11.7 Å². The van der Waals surface area contributed by atoms with Crippen molar-refractivity contribution in [3.63, 3.8) is 0 Å². The molecule has 170 valence electrons. The van der Waals surface area contributed by atoms with Gasteiger partial charge < -0.3 is 4.74 Å². The molecule has 5 rings (SSSR count). The molecule has 1 unspecified atom stereocenters. The van der Waals surface area contributed by atoms with Crippen molar-refractivity contribution < 1.29 is 4.74 Å². The van der Waals surface area contributed by atoms with Crippen LogP contribution in [0.5, 0.6) is 0 Å². The smallest absolute Gasteiger partial charge is 0.296 e. The molecule has 4 aromatic rings. The molecule has 1 aliphatic rings. The number of hydrogen-bond donors (Lipinski definition) is 0. The van der Waals surface area contributed by atoms with Crippen LogP contribution in [0.15, 0.2) is 64.5 Å².